The van der Waals surface area contributed by atoms with Gasteiger partial charge in [0.1, 0.15) is 6.04 Å². The van der Waals surface area contributed by atoms with Crippen molar-refractivity contribution in [1.29, 1.82) is 0 Å². The summed E-state index contributed by atoms with van der Waals surface area (Å²) in [5.74, 6) is -0.854. The number of aryl methyl sites for hydroxylation is 1. The van der Waals surface area contributed by atoms with E-state index in [1.165, 1.54) is 0 Å². The summed E-state index contributed by atoms with van der Waals surface area (Å²) in [7, 11) is 0. The minimum atomic E-state index is -0.854. The van der Waals surface area contributed by atoms with Crippen LogP contribution in [0.5, 0.6) is 0 Å². The summed E-state index contributed by atoms with van der Waals surface area (Å²) in [4.78, 5) is 13.4. The average Bonchev–Trinajstić information content (AvgIpc) is 2.32. The second-order valence-electron chi connectivity index (χ2n) is 4.13. The Kier molecular flexibility index (Phi) is 5.33. The highest BCUT2D eigenvalue weighted by atomic mass is 16.4. The van der Waals surface area contributed by atoms with Crippen LogP contribution in [0, 0.1) is 6.92 Å². The predicted octanol–water partition coefficient (Wildman–Crippen LogP) is 2.79. The lowest BCUT2D eigenvalue weighted by atomic mass is 10.00. The number of hydrogen-bond donors (Lipinski definition) is 1. The van der Waals surface area contributed by atoms with Crippen LogP contribution in [0.4, 0.5) is 0 Å². The second-order valence-corrected chi connectivity index (χ2v) is 4.13. The van der Waals surface area contributed by atoms with E-state index in [1.807, 2.05) is 36.1 Å². The smallest absolute Gasteiger partial charge is 0.325 e. The molecular formula is C15H19NO2. The molecule has 0 aromatic heterocycles. The number of benzene rings is 1. The molecule has 96 valence electrons. The molecule has 1 aromatic carbocycles. The first-order valence-corrected chi connectivity index (χ1v) is 5.86. The molecule has 1 unspecified atom stereocenters. The van der Waals surface area contributed by atoms with Gasteiger partial charge in [0.15, 0.2) is 0 Å². The minimum absolute atomic E-state index is 0.511. The van der Waals surface area contributed by atoms with E-state index in [1.54, 1.807) is 12.2 Å². The van der Waals surface area contributed by atoms with Crippen molar-refractivity contribution < 1.29 is 9.90 Å². The number of aliphatic carboxylic acids is 1. The van der Waals surface area contributed by atoms with Crippen LogP contribution in [-0.4, -0.2) is 29.1 Å². The van der Waals surface area contributed by atoms with E-state index in [4.69, 9.17) is 0 Å². The average molecular weight is 245 g/mol. The van der Waals surface area contributed by atoms with Crippen LogP contribution in [0.1, 0.15) is 17.2 Å². The lowest BCUT2D eigenvalue weighted by molar-refractivity contribution is -0.143. The molecule has 0 amide bonds. The topological polar surface area (TPSA) is 40.5 Å². The fourth-order valence-electron chi connectivity index (χ4n) is 2.00. The molecule has 3 nitrogen and oxygen atoms in total. The molecule has 1 N–H and O–H groups in total. The van der Waals surface area contributed by atoms with E-state index >= 15 is 0 Å². The molecule has 3 heteroatoms. The number of carboxylic acid groups (broad SMARTS) is 1. The van der Waals surface area contributed by atoms with Gasteiger partial charge in [0, 0.05) is 13.1 Å². The van der Waals surface area contributed by atoms with Gasteiger partial charge in [0.25, 0.3) is 0 Å². The molecule has 0 heterocycles. The summed E-state index contributed by atoms with van der Waals surface area (Å²) in [6.45, 7) is 10.3. The molecule has 0 fully saturated rings. The Bertz CT molecular complexity index is 430. The number of nitrogens with zero attached hydrogens (tertiary/aromatic N) is 1. The molecule has 0 aliphatic carbocycles. The van der Waals surface area contributed by atoms with Gasteiger partial charge in [-0.25, -0.2) is 0 Å². The van der Waals surface area contributed by atoms with Crippen LogP contribution in [0.25, 0.3) is 0 Å². The summed E-state index contributed by atoms with van der Waals surface area (Å²) in [6, 6.07) is 6.88. The summed E-state index contributed by atoms with van der Waals surface area (Å²) < 4.78 is 0. The molecule has 0 bridgehead atoms. The van der Waals surface area contributed by atoms with Crippen molar-refractivity contribution in [3.05, 3.63) is 60.7 Å². The van der Waals surface area contributed by atoms with E-state index in [-0.39, 0.29) is 0 Å². The van der Waals surface area contributed by atoms with Gasteiger partial charge < -0.3 is 5.11 Å². The highest BCUT2D eigenvalue weighted by Gasteiger charge is 2.26. The van der Waals surface area contributed by atoms with Gasteiger partial charge in [-0.05, 0) is 18.1 Å². The zero-order valence-electron chi connectivity index (χ0n) is 10.7. The molecule has 18 heavy (non-hydrogen) atoms. The number of carboxylic acids is 1. The molecule has 0 aliphatic heterocycles. The van der Waals surface area contributed by atoms with Crippen molar-refractivity contribution in [2.45, 2.75) is 13.0 Å². The fraction of sp³-hybridized carbons (Fsp3) is 0.267. The van der Waals surface area contributed by atoms with Gasteiger partial charge in [0.2, 0.25) is 0 Å². The lowest BCUT2D eigenvalue weighted by Crippen LogP contribution is -2.34. The van der Waals surface area contributed by atoms with Crippen LogP contribution in [0.2, 0.25) is 0 Å². The summed E-state index contributed by atoms with van der Waals surface area (Å²) in [5, 5.41) is 9.46. The van der Waals surface area contributed by atoms with Crippen LogP contribution < -0.4 is 0 Å². The molecule has 0 saturated carbocycles. The van der Waals surface area contributed by atoms with Gasteiger partial charge in [0.05, 0.1) is 0 Å². The van der Waals surface area contributed by atoms with Gasteiger partial charge in [-0.1, -0.05) is 36.4 Å². The van der Waals surface area contributed by atoms with Crippen molar-refractivity contribution in [2.24, 2.45) is 0 Å². The third-order valence-corrected chi connectivity index (χ3v) is 2.81. The molecule has 1 aromatic rings. The number of hydrogen-bond acceptors (Lipinski definition) is 2. The molecule has 0 spiro atoms. The first kappa shape index (κ1) is 14.2. The van der Waals surface area contributed by atoms with E-state index < -0.39 is 12.0 Å². The van der Waals surface area contributed by atoms with Crippen molar-refractivity contribution in [3.8, 4) is 0 Å². The van der Waals surface area contributed by atoms with Gasteiger partial charge >= 0.3 is 5.97 Å². The Hall–Kier alpha value is -1.87. The Balaban J connectivity index is 3.15. The zero-order valence-corrected chi connectivity index (χ0v) is 10.7. The zero-order chi connectivity index (χ0) is 13.5. The maximum absolute atomic E-state index is 11.5. The van der Waals surface area contributed by atoms with Crippen molar-refractivity contribution in [1.82, 2.24) is 4.90 Å². The fourth-order valence-corrected chi connectivity index (χ4v) is 2.00. The Morgan fingerprint density at radius 2 is 1.89 bits per heavy atom. The highest BCUT2D eigenvalue weighted by molar-refractivity contribution is 5.76. The van der Waals surface area contributed by atoms with Gasteiger partial charge in [-0.15, -0.1) is 13.2 Å². The molecule has 1 atom stereocenters. The summed E-state index contributed by atoms with van der Waals surface area (Å²) >= 11 is 0. The van der Waals surface area contributed by atoms with Crippen molar-refractivity contribution >= 4 is 5.97 Å². The number of carbonyl (C=O) groups is 1. The molecule has 0 aliphatic rings. The summed E-state index contributed by atoms with van der Waals surface area (Å²) in [5.41, 5.74) is 1.79. The largest absolute Gasteiger partial charge is 0.480 e. The quantitative estimate of drug-likeness (QED) is 0.751. The maximum Gasteiger partial charge on any atom is 0.325 e. The molecule has 0 saturated heterocycles. The van der Waals surface area contributed by atoms with Crippen molar-refractivity contribution in [3.63, 3.8) is 0 Å². The Morgan fingerprint density at radius 1 is 1.33 bits per heavy atom. The van der Waals surface area contributed by atoms with Crippen LogP contribution >= 0.6 is 0 Å². The second kappa shape index (κ2) is 6.77. The standard InChI is InChI=1S/C15H19NO2/c1-4-10-16(11-5-2)14(15(17)18)13-9-7-6-8-12(13)3/h4-9,14H,1-2,10-11H2,3H3,(H,17,18). The van der Waals surface area contributed by atoms with Crippen LogP contribution in [-0.2, 0) is 4.79 Å². The SMILES string of the molecule is C=CCN(CC=C)C(C(=O)O)c1ccccc1C. The lowest BCUT2D eigenvalue weighted by Gasteiger charge is -2.27. The molecule has 1 rings (SSSR count). The number of rotatable bonds is 7. The van der Waals surface area contributed by atoms with Gasteiger partial charge in [-0.2, -0.15) is 0 Å². The third kappa shape index (κ3) is 3.31. The minimum Gasteiger partial charge on any atom is -0.480 e. The third-order valence-electron chi connectivity index (χ3n) is 2.81. The van der Waals surface area contributed by atoms with E-state index in [0.29, 0.717) is 13.1 Å². The Labute approximate surface area is 108 Å². The highest BCUT2D eigenvalue weighted by Crippen LogP contribution is 2.24. The van der Waals surface area contributed by atoms with E-state index in [0.717, 1.165) is 11.1 Å². The summed E-state index contributed by atoms with van der Waals surface area (Å²) in [6.07, 6.45) is 3.41. The Morgan fingerprint density at radius 3 is 2.33 bits per heavy atom. The predicted molar refractivity (Wildman–Crippen MR) is 73.5 cm³/mol. The van der Waals surface area contributed by atoms with Crippen LogP contribution in [0.15, 0.2) is 49.6 Å². The molecular weight excluding hydrogens is 226 g/mol. The van der Waals surface area contributed by atoms with E-state index in [2.05, 4.69) is 13.2 Å². The van der Waals surface area contributed by atoms with Crippen molar-refractivity contribution in [2.75, 3.05) is 13.1 Å². The van der Waals surface area contributed by atoms with E-state index in [9.17, 15) is 9.90 Å². The monoisotopic (exact) mass is 245 g/mol. The first-order valence-electron chi connectivity index (χ1n) is 5.86. The molecule has 0 radical (unpaired) electrons. The van der Waals surface area contributed by atoms with Crippen LogP contribution in [0.3, 0.4) is 0 Å². The van der Waals surface area contributed by atoms with Gasteiger partial charge in [-0.3, -0.25) is 9.69 Å². The first-order chi connectivity index (χ1) is 8.61. The normalized spacial score (nSPS) is 12.1. The maximum atomic E-state index is 11.5.